The van der Waals surface area contributed by atoms with Crippen molar-refractivity contribution in [3.63, 3.8) is 0 Å². The van der Waals surface area contributed by atoms with Gasteiger partial charge in [0.15, 0.2) is 0 Å². The summed E-state index contributed by atoms with van der Waals surface area (Å²) in [4.78, 5) is 23.6. The van der Waals surface area contributed by atoms with Crippen LogP contribution in [0, 0.1) is 5.92 Å². The van der Waals surface area contributed by atoms with Gasteiger partial charge in [0, 0.05) is 5.92 Å². The Labute approximate surface area is 111 Å². The second-order valence-electron chi connectivity index (χ2n) is 4.52. The molecule has 1 amide bonds. The van der Waals surface area contributed by atoms with Crippen molar-refractivity contribution in [2.24, 2.45) is 5.92 Å². The number of rotatable bonds is 4. The summed E-state index contributed by atoms with van der Waals surface area (Å²) in [6.45, 7) is 0. The number of anilines is 1. The lowest BCUT2D eigenvalue weighted by atomic mass is 9.85. The molecule has 1 N–H and O–H groups in total. The normalized spacial score (nSPS) is 14.4. The Hall–Kier alpha value is -2.04. The van der Waals surface area contributed by atoms with Crippen molar-refractivity contribution in [2.45, 2.75) is 19.3 Å². The smallest absolute Gasteiger partial charge is 0.340 e. The van der Waals surface area contributed by atoms with E-state index in [2.05, 4.69) is 5.32 Å². The Morgan fingerprint density at radius 1 is 1.26 bits per heavy atom. The van der Waals surface area contributed by atoms with Crippen molar-refractivity contribution in [2.75, 3.05) is 19.5 Å². The SMILES string of the molecule is COC(=O)c1cc(OC)ccc1NC(=O)C1CCC1. The fraction of sp³-hybridized carbons (Fsp3) is 0.429. The molecule has 1 aliphatic carbocycles. The molecule has 19 heavy (non-hydrogen) atoms. The van der Waals surface area contributed by atoms with E-state index in [9.17, 15) is 9.59 Å². The zero-order chi connectivity index (χ0) is 13.8. The summed E-state index contributed by atoms with van der Waals surface area (Å²) in [5.74, 6) is 0.0685. The van der Waals surface area contributed by atoms with Gasteiger partial charge < -0.3 is 14.8 Å². The molecule has 0 atom stereocenters. The minimum absolute atomic E-state index is 0.0402. The van der Waals surface area contributed by atoms with Crippen LogP contribution in [-0.4, -0.2) is 26.1 Å². The van der Waals surface area contributed by atoms with E-state index in [1.807, 2.05) is 0 Å². The molecule has 2 rings (SSSR count). The molecule has 0 bridgehead atoms. The highest BCUT2D eigenvalue weighted by Crippen LogP contribution is 2.29. The van der Waals surface area contributed by atoms with Crippen LogP contribution >= 0.6 is 0 Å². The Kier molecular flexibility index (Phi) is 4.04. The first-order valence-corrected chi connectivity index (χ1v) is 6.23. The Balaban J connectivity index is 2.22. The van der Waals surface area contributed by atoms with E-state index < -0.39 is 5.97 Å². The maximum Gasteiger partial charge on any atom is 0.340 e. The van der Waals surface area contributed by atoms with Crippen molar-refractivity contribution in [1.29, 1.82) is 0 Å². The van der Waals surface area contributed by atoms with Gasteiger partial charge in [0.2, 0.25) is 5.91 Å². The fourth-order valence-corrected chi connectivity index (χ4v) is 1.94. The summed E-state index contributed by atoms with van der Waals surface area (Å²) in [6, 6.07) is 4.91. The number of esters is 1. The molecule has 0 saturated heterocycles. The highest BCUT2D eigenvalue weighted by molar-refractivity contribution is 6.02. The van der Waals surface area contributed by atoms with Gasteiger partial charge in [0.25, 0.3) is 0 Å². The van der Waals surface area contributed by atoms with Gasteiger partial charge in [0.1, 0.15) is 5.75 Å². The molecule has 1 aliphatic rings. The van der Waals surface area contributed by atoms with E-state index in [-0.39, 0.29) is 11.8 Å². The van der Waals surface area contributed by atoms with Crippen LogP contribution in [0.5, 0.6) is 5.75 Å². The van der Waals surface area contributed by atoms with E-state index >= 15 is 0 Å². The molecule has 1 fully saturated rings. The standard InChI is InChI=1S/C14H17NO4/c1-18-10-6-7-12(11(8-10)14(17)19-2)15-13(16)9-4-3-5-9/h6-9H,3-5H2,1-2H3,(H,15,16). The van der Waals surface area contributed by atoms with Gasteiger partial charge in [-0.3, -0.25) is 4.79 Å². The van der Waals surface area contributed by atoms with Gasteiger partial charge in [-0.25, -0.2) is 4.79 Å². The van der Waals surface area contributed by atoms with Crippen molar-refractivity contribution in [3.8, 4) is 5.75 Å². The van der Waals surface area contributed by atoms with Crippen LogP contribution in [0.4, 0.5) is 5.69 Å². The number of nitrogens with one attached hydrogen (secondary N) is 1. The number of benzene rings is 1. The molecule has 1 aromatic rings. The molecule has 1 aromatic carbocycles. The molecule has 0 aromatic heterocycles. The number of ether oxygens (including phenoxy) is 2. The highest BCUT2D eigenvalue weighted by atomic mass is 16.5. The van der Waals surface area contributed by atoms with Crippen molar-refractivity contribution >= 4 is 17.6 Å². The van der Waals surface area contributed by atoms with E-state index in [1.54, 1.807) is 18.2 Å². The Morgan fingerprint density at radius 2 is 2.00 bits per heavy atom. The Bertz CT molecular complexity index is 494. The summed E-state index contributed by atoms with van der Waals surface area (Å²) in [6.07, 6.45) is 2.91. The quantitative estimate of drug-likeness (QED) is 0.846. The number of amides is 1. The van der Waals surface area contributed by atoms with Crippen molar-refractivity contribution in [3.05, 3.63) is 23.8 Å². The zero-order valence-electron chi connectivity index (χ0n) is 11.1. The minimum Gasteiger partial charge on any atom is -0.497 e. The van der Waals surface area contributed by atoms with E-state index in [0.29, 0.717) is 17.0 Å². The van der Waals surface area contributed by atoms with Gasteiger partial charge in [-0.2, -0.15) is 0 Å². The maximum atomic E-state index is 11.9. The third kappa shape index (κ3) is 2.86. The predicted molar refractivity (Wildman–Crippen MR) is 70.3 cm³/mol. The summed E-state index contributed by atoms with van der Waals surface area (Å²) in [5.41, 5.74) is 0.763. The maximum absolute atomic E-state index is 11.9. The number of hydrogen-bond donors (Lipinski definition) is 1. The average molecular weight is 263 g/mol. The molecular weight excluding hydrogens is 246 g/mol. The molecule has 0 heterocycles. The average Bonchev–Trinajstić information content (AvgIpc) is 2.36. The Morgan fingerprint density at radius 3 is 2.53 bits per heavy atom. The van der Waals surface area contributed by atoms with Crippen LogP contribution in [0.1, 0.15) is 29.6 Å². The number of hydrogen-bond acceptors (Lipinski definition) is 4. The van der Waals surface area contributed by atoms with Gasteiger partial charge >= 0.3 is 5.97 Å². The van der Waals surface area contributed by atoms with Gasteiger partial charge in [-0.1, -0.05) is 6.42 Å². The number of methoxy groups -OCH3 is 2. The molecule has 0 aliphatic heterocycles. The molecule has 5 heteroatoms. The first-order chi connectivity index (χ1) is 9.15. The van der Waals surface area contributed by atoms with Gasteiger partial charge in [-0.15, -0.1) is 0 Å². The molecule has 0 unspecified atom stereocenters. The summed E-state index contributed by atoms with van der Waals surface area (Å²) < 4.78 is 9.78. The second kappa shape index (κ2) is 5.73. The first kappa shape index (κ1) is 13.4. The molecular formula is C14H17NO4. The van der Waals surface area contributed by atoms with Crippen molar-refractivity contribution in [1.82, 2.24) is 0 Å². The van der Waals surface area contributed by atoms with Crippen LogP contribution in [0.25, 0.3) is 0 Å². The lowest BCUT2D eigenvalue weighted by Crippen LogP contribution is -2.28. The summed E-state index contributed by atoms with van der Waals surface area (Å²) >= 11 is 0. The van der Waals surface area contributed by atoms with Crippen LogP contribution in [0.15, 0.2) is 18.2 Å². The summed E-state index contributed by atoms with van der Waals surface area (Å²) in [7, 11) is 2.82. The zero-order valence-corrected chi connectivity index (χ0v) is 11.1. The van der Waals surface area contributed by atoms with Gasteiger partial charge in [-0.05, 0) is 31.0 Å². The molecule has 5 nitrogen and oxygen atoms in total. The molecule has 0 spiro atoms. The number of carbonyl (C=O) groups excluding carboxylic acids is 2. The van der Waals surface area contributed by atoms with E-state index in [0.717, 1.165) is 19.3 Å². The van der Waals surface area contributed by atoms with E-state index in [1.165, 1.54) is 14.2 Å². The van der Waals surface area contributed by atoms with Crippen LogP contribution < -0.4 is 10.1 Å². The third-order valence-electron chi connectivity index (χ3n) is 3.37. The monoisotopic (exact) mass is 263 g/mol. The molecule has 0 radical (unpaired) electrons. The minimum atomic E-state index is -0.497. The summed E-state index contributed by atoms with van der Waals surface area (Å²) in [5, 5.41) is 2.78. The second-order valence-corrected chi connectivity index (χ2v) is 4.52. The lowest BCUT2D eigenvalue weighted by Gasteiger charge is -2.24. The van der Waals surface area contributed by atoms with Crippen LogP contribution in [0.3, 0.4) is 0 Å². The number of carbonyl (C=O) groups is 2. The highest BCUT2D eigenvalue weighted by Gasteiger charge is 2.26. The van der Waals surface area contributed by atoms with Crippen LogP contribution in [-0.2, 0) is 9.53 Å². The third-order valence-corrected chi connectivity index (χ3v) is 3.37. The van der Waals surface area contributed by atoms with Crippen molar-refractivity contribution < 1.29 is 19.1 Å². The first-order valence-electron chi connectivity index (χ1n) is 6.23. The molecule has 1 saturated carbocycles. The fourth-order valence-electron chi connectivity index (χ4n) is 1.94. The van der Waals surface area contributed by atoms with E-state index in [4.69, 9.17) is 9.47 Å². The predicted octanol–water partition coefficient (Wildman–Crippen LogP) is 2.22. The lowest BCUT2D eigenvalue weighted by molar-refractivity contribution is -0.122. The molecule has 102 valence electrons. The topological polar surface area (TPSA) is 64.6 Å². The van der Waals surface area contributed by atoms with Gasteiger partial charge in [0.05, 0.1) is 25.5 Å². The van der Waals surface area contributed by atoms with Crippen LogP contribution in [0.2, 0.25) is 0 Å². The largest absolute Gasteiger partial charge is 0.497 e.